The monoisotopic (exact) mass is 469 g/mol. The molecular weight excluding hydrogens is 445 g/mol. The molecule has 1 aliphatic rings. The topological polar surface area (TPSA) is 83.8 Å². The first-order chi connectivity index (χ1) is 15.8. The maximum absolute atomic E-state index is 15.3. The summed E-state index contributed by atoms with van der Waals surface area (Å²) in [4.78, 5) is 12.0. The van der Waals surface area contributed by atoms with Gasteiger partial charge in [-0.1, -0.05) is 36.4 Å². The van der Waals surface area contributed by atoms with Crippen molar-refractivity contribution >= 4 is 27.1 Å². The third kappa shape index (κ3) is 4.74. The van der Waals surface area contributed by atoms with E-state index in [1.165, 1.54) is 19.2 Å². The predicted octanol–water partition coefficient (Wildman–Crippen LogP) is 4.49. The van der Waals surface area contributed by atoms with Gasteiger partial charge >= 0.3 is 0 Å². The highest BCUT2D eigenvalue weighted by atomic mass is 32.2. The van der Waals surface area contributed by atoms with E-state index in [1.807, 2.05) is 53.4 Å². The van der Waals surface area contributed by atoms with Crippen molar-refractivity contribution in [3.05, 3.63) is 94.0 Å². The van der Waals surface area contributed by atoms with Gasteiger partial charge in [0.15, 0.2) is 0 Å². The van der Waals surface area contributed by atoms with Crippen molar-refractivity contribution in [2.45, 2.75) is 23.9 Å². The summed E-state index contributed by atoms with van der Waals surface area (Å²) in [7, 11) is -2.68. The van der Waals surface area contributed by atoms with Crippen molar-refractivity contribution in [1.29, 1.82) is 0 Å². The highest BCUT2D eigenvalue weighted by molar-refractivity contribution is 7.89. The van der Waals surface area contributed by atoms with Crippen LogP contribution in [0.15, 0.2) is 77.7 Å². The van der Waals surface area contributed by atoms with Crippen LogP contribution >= 0.6 is 0 Å². The van der Waals surface area contributed by atoms with Crippen molar-refractivity contribution in [2.75, 3.05) is 25.0 Å². The molecule has 9 heteroatoms. The summed E-state index contributed by atoms with van der Waals surface area (Å²) in [5.74, 6) is 0. The molecule has 1 unspecified atom stereocenters. The van der Waals surface area contributed by atoms with E-state index in [-0.39, 0.29) is 23.7 Å². The molecule has 172 valence electrons. The molecule has 3 aromatic carbocycles. The Hall–Kier alpha value is -3.30. The number of alkyl halides is 1. The highest BCUT2D eigenvalue weighted by Crippen LogP contribution is 2.36. The molecule has 0 saturated heterocycles. The molecule has 0 N–H and O–H groups in total. The number of nitro groups is 1. The lowest BCUT2D eigenvalue weighted by atomic mass is 10.0. The lowest BCUT2D eigenvalue weighted by Gasteiger charge is -2.29. The average Bonchev–Trinajstić information content (AvgIpc) is 2.96. The molecule has 0 spiro atoms. The van der Waals surface area contributed by atoms with Gasteiger partial charge in [0.25, 0.3) is 5.69 Å². The van der Waals surface area contributed by atoms with Gasteiger partial charge in [0.05, 0.1) is 16.4 Å². The number of anilines is 2. The minimum absolute atomic E-state index is 0.00581. The molecule has 4 rings (SSSR count). The number of sulfonamides is 1. The third-order valence-corrected chi connectivity index (χ3v) is 7.66. The van der Waals surface area contributed by atoms with Crippen molar-refractivity contribution in [1.82, 2.24) is 4.31 Å². The standard InChI is InChI=1S/C24H24FN3O4S/c1-26(33(31,32)22-14-12-21(13-15-22)28(29)30)16-20(25)17-27-23-8-4-2-6-18(23)10-11-19-7-3-5-9-24(19)27/h2-9,12-15,20H,10-11,16-17H2,1H3. The molecule has 0 aliphatic carbocycles. The SMILES string of the molecule is CN(CC(F)CN1c2ccccc2CCc2ccccc21)S(=O)(=O)c1ccc([N+](=O)[O-])cc1. The normalized spacial score (nSPS) is 14.3. The van der Waals surface area contributed by atoms with Gasteiger partial charge in [-0.2, -0.15) is 4.31 Å². The quantitative estimate of drug-likeness (QED) is 0.376. The van der Waals surface area contributed by atoms with Crippen LogP contribution in [-0.4, -0.2) is 44.0 Å². The fraction of sp³-hybridized carbons (Fsp3) is 0.250. The molecular formula is C24H24FN3O4S. The molecule has 1 heterocycles. The molecule has 0 radical (unpaired) electrons. The summed E-state index contributed by atoms with van der Waals surface area (Å²) in [5, 5.41) is 10.8. The highest BCUT2D eigenvalue weighted by Gasteiger charge is 2.28. The van der Waals surface area contributed by atoms with E-state index >= 15 is 4.39 Å². The number of aryl methyl sites for hydroxylation is 2. The van der Waals surface area contributed by atoms with Gasteiger partial charge in [0, 0.05) is 37.1 Å². The van der Waals surface area contributed by atoms with Gasteiger partial charge in [-0.05, 0) is 48.2 Å². The molecule has 1 aliphatic heterocycles. The number of nitrogens with zero attached hydrogens (tertiary/aromatic N) is 3. The first-order valence-corrected chi connectivity index (χ1v) is 12.0. The number of hydrogen-bond donors (Lipinski definition) is 0. The summed E-state index contributed by atoms with van der Waals surface area (Å²) in [6, 6.07) is 20.3. The van der Waals surface area contributed by atoms with Gasteiger partial charge in [-0.25, -0.2) is 12.8 Å². The molecule has 0 saturated carbocycles. The Balaban J connectivity index is 1.55. The predicted molar refractivity (Wildman–Crippen MR) is 125 cm³/mol. The van der Waals surface area contributed by atoms with Crippen LogP contribution < -0.4 is 4.90 Å². The van der Waals surface area contributed by atoms with Crippen molar-refractivity contribution in [3.63, 3.8) is 0 Å². The van der Waals surface area contributed by atoms with Crippen LogP contribution in [0.5, 0.6) is 0 Å². The zero-order chi connectivity index (χ0) is 23.6. The average molecular weight is 470 g/mol. The van der Waals surface area contributed by atoms with Gasteiger partial charge in [-0.15, -0.1) is 0 Å². The number of benzene rings is 3. The largest absolute Gasteiger partial charge is 0.338 e. The van der Waals surface area contributed by atoms with Gasteiger partial charge in [0.1, 0.15) is 6.17 Å². The molecule has 0 fully saturated rings. The minimum Gasteiger partial charge on any atom is -0.338 e. The van der Waals surface area contributed by atoms with E-state index in [0.29, 0.717) is 0 Å². The molecule has 0 amide bonds. The molecule has 7 nitrogen and oxygen atoms in total. The van der Waals surface area contributed by atoms with Gasteiger partial charge in [-0.3, -0.25) is 10.1 Å². The van der Waals surface area contributed by atoms with E-state index in [2.05, 4.69) is 0 Å². The second-order valence-electron chi connectivity index (χ2n) is 8.00. The van der Waals surface area contributed by atoms with E-state index in [9.17, 15) is 18.5 Å². The Morgan fingerprint density at radius 3 is 2.00 bits per heavy atom. The Kier molecular flexibility index (Phi) is 6.44. The van der Waals surface area contributed by atoms with E-state index in [4.69, 9.17) is 0 Å². The van der Waals surface area contributed by atoms with Crippen LogP contribution in [0.1, 0.15) is 11.1 Å². The number of nitro benzene ring substituents is 1. The van der Waals surface area contributed by atoms with Crippen LogP contribution in [-0.2, 0) is 22.9 Å². The maximum atomic E-state index is 15.3. The number of fused-ring (bicyclic) bond motifs is 2. The van der Waals surface area contributed by atoms with Crippen LogP contribution in [0.2, 0.25) is 0 Å². The fourth-order valence-electron chi connectivity index (χ4n) is 4.12. The Labute approximate surface area is 192 Å². The number of halogens is 1. The molecule has 0 aromatic heterocycles. The maximum Gasteiger partial charge on any atom is 0.269 e. The number of hydrogen-bond acceptors (Lipinski definition) is 5. The van der Waals surface area contributed by atoms with Crippen molar-refractivity contribution < 1.29 is 17.7 Å². The first-order valence-electron chi connectivity index (χ1n) is 10.6. The van der Waals surface area contributed by atoms with Crippen molar-refractivity contribution in [2.24, 2.45) is 0 Å². The fourth-order valence-corrected chi connectivity index (χ4v) is 5.32. The van der Waals surface area contributed by atoms with Crippen LogP contribution in [0.3, 0.4) is 0 Å². The van der Waals surface area contributed by atoms with Crippen molar-refractivity contribution in [3.8, 4) is 0 Å². The molecule has 33 heavy (non-hydrogen) atoms. The lowest BCUT2D eigenvalue weighted by Crippen LogP contribution is -2.38. The summed E-state index contributed by atoms with van der Waals surface area (Å²) >= 11 is 0. The zero-order valence-electron chi connectivity index (χ0n) is 18.1. The van der Waals surface area contributed by atoms with Crippen LogP contribution in [0, 0.1) is 10.1 Å². The third-order valence-electron chi connectivity index (χ3n) is 5.82. The van der Waals surface area contributed by atoms with Gasteiger partial charge < -0.3 is 4.90 Å². The molecule has 3 aromatic rings. The molecule has 1 atom stereocenters. The Morgan fingerprint density at radius 2 is 1.48 bits per heavy atom. The lowest BCUT2D eigenvalue weighted by molar-refractivity contribution is -0.384. The summed E-state index contributed by atoms with van der Waals surface area (Å²) < 4.78 is 42.0. The molecule has 0 bridgehead atoms. The summed E-state index contributed by atoms with van der Waals surface area (Å²) in [6.07, 6.45) is 0.214. The van der Waals surface area contributed by atoms with Crippen LogP contribution in [0.4, 0.5) is 21.5 Å². The Bertz CT molecular complexity index is 1220. The smallest absolute Gasteiger partial charge is 0.269 e. The second kappa shape index (κ2) is 9.29. The first kappa shape index (κ1) is 22.9. The summed E-state index contributed by atoms with van der Waals surface area (Å²) in [5.41, 5.74) is 3.87. The zero-order valence-corrected chi connectivity index (χ0v) is 18.9. The van der Waals surface area contributed by atoms with E-state index in [1.54, 1.807) is 0 Å². The van der Waals surface area contributed by atoms with Gasteiger partial charge in [0.2, 0.25) is 10.0 Å². The second-order valence-corrected chi connectivity index (χ2v) is 10.0. The van der Waals surface area contributed by atoms with E-state index < -0.39 is 21.1 Å². The van der Waals surface area contributed by atoms with E-state index in [0.717, 1.165) is 51.8 Å². The minimum atomic E-state index is -3.99. The number of non-ortho nitro benzene ring substituents is 1. The summed E-state index contributed by atoms with van der Waals surface area (Å²) in [6.45, 7) is -0.353. The number of rotatable bonds is 7. The Morgan fingerprint density at radius 1 is 0.970 bits per heavy atom. The van der Waals surface area contributed by atoms with Crippen LogP contribution in [0.25, 0.3) is 0 Å². The number of para-hydroxylation sites is 2.